The fourth-order valence-corrected chi connectivity index (χ4v) is 2.89. The molecule has 1 atom stereocenters. The summed E-state index contributed by atoms with van der Waals surface area (Å²) in [4.78, 5) is 16.4. The number of carbonyl (C=O) groups excluding carboxylic acids is 1. The Morgan fingerprint density at radius 1 is 1.20 bits per heavy atom. The van der Waals surface area contributed by atoms with Crippen molar-refractivity contribution in [1.29, 1.82) is 0 Å². The van der Waals surface area contributed by atoms with Gasteiger partial charge in [0.25, 0.3) is 0 Å². The number of anilines is 2. The van der Waals surface area contributed by atoms with Crippen molar-refractivity contribution in [3.8, 4) is 0 Å². The summed E-state index contributed by atoms with van der Waals surface area (Å²) in [6.07, 6.45) is 2.45. The number of benzene rings is 1. The third-order valence-corrected chi connectivity index (χ3v) is 4.01. The largest absolute Gasteiger partial charge is 0.378 e. The van der Waals surface area contributed by atoms with Crippen molar-refractivity contribution in [1.82, 2.24) is 0 Å². The molecule has 1 unspecified atom stereocenters. The maximum absolute atomic E-state index is 12.2. The zero-order valence-corrected chi connectivity index (χ0v) is 11.6. The highest BCUT2D eigenvalue weighted by Gasteiger charge is 2.30. The molecule has 0 bridgehead atoms. The van der Waals surface area contributed by atoms with Gasteiger partial charge in [0.1, 0.15) is 0 Å². The van der Waals surface area contributed by atoms with Crippen LogP contribution in [0.15, 0.2) is 36.9 Å². The van der Waals surface area contributed by atoms with E-state index in [1.165, 1.54) is 0 Å². The molecule has 1 aromatic carbocycles. The first-order valence-corrected chi connectivity index (χ1v) is 7.14. The highest BCUT2D eigenvalue weighted by Crippen LogP contribution is 2.34. The van der Waals surface area contributed by atoms with E-state index in [9.17, 15) is 4.79 Å². The first-order valence-electron chi connectivity index (χ1n) is 7.14. The Morgan fingerprint density at radius 3 is 2.55 bits per heavy atom. The van der Waals surface area contributed by atoms with Crippen LogP contribution in [-0.2, 0) is 9.53 Å². The minimum atomic E-state index is 0.190. The number of amides is 1. The summed E-state index contributed by atoms with van der Waals surface area (Å²) in [5.41, 5.74) is 2.15. The Kier molecular flexibility index (Phi) is 3.74. The van der Waals surface area contributed by atoms with Gasteiger partial charge in [-0.1, -0.05) is 18.2 Å². The summed E-state index contributed by atoms with van der Waals surface area (Å²) in [7, 11) is 0. The molecule has 1 amide bonds. The first kappa shape index (κ1) is 13.2. The lowest BCUT2D eigenvalue weighted by atomic mass is 10.1. The van der Waals surface area contributed by atoms with Gasteiger partial charge in [0.05, 0.1) is 24.6 Å². The molecular formula is C16H20N2O2. The average molecular weight is 272 g/mol. The van der Waals surface area contributed by atoms with Crippen molar-refractivity contribution in [3.63, 3.8) is 0 Å². The van der Waals surface area contributed by atoms with E-state index in [0.717, 1.165) is 44.2 Å². The average Bonchev–Trinajstić information content (AvgIpc) is 2.89. The second kappa shape index (κ2) is 5.67. The predicted molar refractivity (Wildman–Crippen MR) is 80.1 cm³/mol. The Morgan fingerprint density at radius 2 is 1.90 bits per heavy atom. The Bertz CT molecular complexity index is 509. The number of ether oxygens (including phenoxy) is 1. The molecule has 2 saturated heterocycles. The Hall–Kier alpha value is -1.81. The molecule has 0 aromatic heterocycles. The summed E-state index contributed by atoms with van der Waals surface area (Å²) < 4.78 is 5.41. The summed E-state index contributed by atoms with van der Waals surface area (Å²) in [6, 6.07) is 8.15. The molecule has 4 heteroatoms. The third-order valence-electron chi connectivity index (χ3n) is 4.01. The van der Waals surface area contributed by atoms with Crippen LogP contribution in [0.3, 0.4) is 0 Å². The number of morpholine rings is 1. The molecule has 0 radical (unpaired) electrons. The van der Waals surface area contributed by atoms with Gasteiger partial charge in [-0.2, -0.15) is 0 Å². The number of hydrogen-bond donors (Lipinski definition) is 0. The van der Waals surface area contributed by atoms with Crippen molar-refractivity contribution in [2.24, 2.45) is 5.92 Å². The normalized spacial score (nSPS) is 23.2. The molecule has 1 aromatic rings. The van der Waals surface area contributed by atoms with Gasteiger partial charge in [0.15, 0.2) is 0 Å². The van der Waals surface area contributed by atoms with E-state index >= 15 is 0 Å². The lowest BCUT2D eigenvalue weighted by Gasteiger charge is -2.32. The molecule has 106 valence electrons. The molecule has 20 heavy (non-hydrogen) atoms. The van der Waals surface area contributed by atoms with Crippen molar-refractivity contribution in [2.75, 3.05) is 42.6 Å². The van der Waals surface area contributed by atoms with Crippen LogP contribution in [0.1, 0.15) is 6.42 Å². The molecule has 3 rings (SSSR count). The second-order valence-corrected chi connectivity index (χ2v) is 5.29. The molecule has 0 saturated carbocycles. The molecule has 4 nitrogen and oxygen atoms in total. The van der Waals surface area contributed by atoms with E-state index in [1.54, 1.807) is 0 Å². The Labute approximate surface area is 119 Å². The summed E-state index contributed by atoms with van der Waals surface area (Å²) in [6.45, 7) is 7.80. The van der Waals surface area contributed by atoms with Gasteiger partial charge >= 0.3 is 0 Å². The summed E-state index contributed by atoms with van der Waals surface area (Å²) >= 11 is 0. The van der Waals surface area contributed by atoms with Gasteiger partial charge in [-0.25, -0.2) is 0 Å². The smallest absolute Gasteiger partial charge is 0.227 e. The molecule has 0 spiro atoms. The second-order valence-electron chi connectivity index (χ2n) is 5.29. The molecule has 0 N–H and O–H groups in total. The third kappa shape index (κ3) is 2.43. The van der Waals surface area contributed by atoms with E-state index in [4.69, 9.17) is 4.74 Å². The van der Waals surface area contributed by atoms with Crippen LogP contribution in [0.2, 0.25) is 0 Å². The maximum atomic E-state index is 12.2. The lowest BCUT2D eigenvalue weighted by Crippen LogP contribution is -2.37. The van der Waals surface area contributed by atoms with E-state index in [-0.39, 0.29) is 11.8 Å². The Balaban J connectivity index is 1.89. The van der Waals surface area contributed by atoms with Crippen molar-refractivity contribution in [3.05, 3.63) is 36.9 Å². The van der Waals surface area contributed by atoms with Crippen LogP contribution in [-0.4, -0.2) is 38.8 Å². The quantitative estimate of drug-likeness (QED) is 0.790. The fraction of sp³-hybridized carbons (Fsp3) is 0.438. The van der Waals surface area contributed by atoms with Gasteiger partial charge in [0, 0.05) is 32.0 Å². The highest BCUT2D eigenvalue weighted by molar-refractivity contribution is 5.99. The summed E-state index contributed by atoms with van der Waals surface area (Å²) in [5.74, 6) is 0.454. The van der Waals surface area contributed by atoms with Crippen LogP contribution >= 0.6 is 0 Å². The van der Waals surface area contributed by atoms with E-state index in [1.807, 2.05) is 29.2 Å². The zero-order chi connectivity index (χ0) is 13.9. The van der Waals surface area contributed by atoms with Gasteiger partial charge in [-0.15, -0.1) is 6.58 Å². The predicted octanol–water partition coefficient (Wildman–Crippen LogP) is 2.06. The van der Waals surface area contributed by atoms with Gasteiger partial charge in [0.2, 0.25) is 5.91 Å². The first-order chi connectivity index (χ1) is 9.79. The molecule has 2 heterocycles. The lowest BCUT2D eigenvalue weighted by molar-refractivity contribution is -0.117. The summed E-state index contributed by atoms with van der Waals surface area (Å²) in [5, 5.41) is 0. The van der Waals surface area contributed by atoms with Gasteiger partial charge in [-0.3, -0.25) is 4.79 Å². The molecule has 0 aliphatic carbocycles. The van der Waals surface area contributed by atoms with E-state index in [0.29, 0.717) is 6.42 Å². The number of para-hydroxylation sites is 2. The van der Waals surface area contributed by atoms with E-state index in [2.05, 4.69) is 17.5 Å². The molecule has 2 aliphatic heterocycles. The van der Waals surface area contributed by atoms with Crippen molar-refractivity contribution < 1.29 is 9.53 Å². The molecular weight excluding hydrogens is 252 g/mol. The molecule has 2 fully saturated rings. The van der Waals surface area contributed by atoms with Crippen LogP contribution in [0.4, 0.5) is 11.4 Å². The highest BCUT2D eigenvalue weighted by atomic mass is 16.5. The minimum absolute atomic E-state index is 0.190. The standard InChI is InChI=1S/C16H20N2O2/c1-2-13-11-16(19)18(12-13)15-6-4-3-5-14(15)17-7-9-20-10-8-17/h2-6,13H,1,7-12H2. The SMILES string of the molecule is C=CC1CC(=O)N(c2ccccc2N2CCOCC2)C1. The maximum Gasteiger partial charge on any atom is 0.227 e. The number of rotatable bonds is 3. The van der Waals surface area contributed by atoms with Crippen molar-refractivity contribution >= 4 is 17.3 Å². The number of carbonyl (C=O) groups is 1. The monoisotopic (exact) mass is 272 g/mol. The number of nitrogens with zero attached hydrogens (tertiary/aromatic N) is 2. The van der Waals surface area contributed by atoms with Gasteiger partial charge in [-0.05, 0) is 12.1 Å². The van der Waals surface area contributed by atoms with Crippen LogP contribution in [0, 0.1) is 5.92 Å². The fourth-order valence-electron chi connectivity index (χ4n) is 2.89. The van der Waals surface area contributed by atoms with Crippen molar-refractivity contribution in [2.45, 2.75) is 6.42 Å². The van der Waals surface area contributed by atoms with E-state index < -0.39 is 0 Å². The topological polar surface area (TPSA) is 32.8 Å². The van der Waals surface area contributed by atoms with Gasteiger partial charge < -0.3 is 14.5 Å². The minimum Gasteiger partial charge on any atom is -0.378 e. The van der Waals surface area contributed by atoms with Crippen LogP contribution in [0.5, 0.6) is 0 Å². The molecule has 2 aliphatic rings. The zero-order valence-electron chi connectivity index (χ0n) is 11.6. The number of hydrogen-bond acceptors (Lipinski definition) is 3. The van der Waals surface area contributed by atoms with Crippen LogP contribution in [0.25, 0.3) is 0 Å². The van der Waals surface area contributed by atoms with Crippen LogP contribution < -0.4 is 9.80 Å².